The van der Waals surface area contributed by atoms with Crippen LogP contribution in [0.15, 0.2) is 16.5 Å². The Balaban J connectivity index is 2.40. The molecule has 1 aromatic rings. The van der Waals surface area contributed by atoms with Gasteiger partial charge in [0.1, 0.15) is 5.76 Å². The highest BCUT2D eigenvalue weighted by molar-refractivity contribution is 6.28. The highest BCUT2D eigenvalue weighted by Gasteiger charge is 2.14. The molecule has 86 valence electrons. The van der Waals surface area contributed by atoms with Crippen LogP contribution in [0, 0.1) is 5.92 Å². The fourth-order valence-electron chi connectivity index (χ4n) is 1.41. The van der Waals surface area contributed by atoms with Gasteiger partial charge in [0, 0.05) is 6.04 Å². The highest BCUT2D eigenvalue weighted by Crippen LogP contribution is 2.14. The Kier molecular flexibility index (Phi) is 5.15. The number of nitrogens with one attached hydrogen (secondary N) is 1. The fourth-order valence-corrected chi connectivity index (χ4v) is 1.57. The van der Waals surface area contributed by atoms with Crippen molar-refractivity contribution in [3.05, 3.63) is 23.1 Å². The Hall–Kier alpha value is -0.510. The molecule has 0 spiro atoms. The molecule has 4 heteroatoms. The SMILES string of the molecule is CCC(C)C(CO)NCc1ccc(Cl)o1. The average Bonchev–Trinajstić information content (AvgIpc) is 2.64. The first kappa shape index (κ1) is 12.6. The second kappa shape index (κ2) is 6.16. The molecule has 0 amide bonds. The number of hydrogen-bond donors (Lipinski definition) is 2. The topological polar surface area (TPSA) is 45.4 Å². The van der Waals surface area contributed by atoms with Crippen molar-refractivity contribution in [1.29, 1.82) is 0 Å². The average molecular weight is 232 g/mol. The highest BCUT2D eigenvalue weighted by atomic mass is 35.5. The van der Waals surface area contributed by atoms with Crippen molar-refractivity contribution in [2.75, 3.05) is 6.61 Å². The monoisotopic (exact) mass is 231 g/mol. The van der Waals surface area contributed by atoms with Crippen molar-refractivity contribution in [1.82, 2.24) is 5.32 Å². The maximum absolute atomic E-state index is 9.19. The summed E-state index contributed by atoms with van der Waals surface area (Å²) in [5.41, 5.74) is 0. The third-order valence-corrected chi connectivity index (χ3v) is 2.90. The van der Waals surface area contributed by atoms with E-state index in [1.165, 1.54) is 0 Å². The minimum atomic E-state index is 0.110. The zero-order chi connectivity index (χ0) is 11.3. The summed E-state index contributed by atoms with van der Waals surface area (Å²) in [5, 5.41) is 12.8. The van der Waals surface area contributed by atoms with Crippen molar-refractivity contribution < 1.29 is 9.52 Å². The van der Waals surface area contributed by atoms with Gasteiger partial charge in [-0.2, -0.15) is 0 Å². The van der Waals surface area contributed by atoms with E-state index in [1.807, 2.05) is 6.07 Å². The first-order valence-electron chi connectivity index (χ1n) is 5.25. The third kappa shape index (κ3) is 3.86. The molecular formula is C11H18ClNO2. The number of furan rings is 1. The molecule has 1 heterocycles. The van der Waals surface area contributed by atoms with E-state index in [1.54, 1.807) is 6.07 Å². The molecule has 0 aliphatic carbocycles. The number of halogens is 1. The Morgan fingerprint density at radius 1 is 1.53 bits per heavy atom. The summed E-state index contributed by atoms with van der Waals surface area (Å²) >= 11 is 5.66. The summed E-state index contributed by atoms with van der Waals surface area (Å²) in [7, 11) is 0. The van der Waals surface area contributed by atoms with Gasteiger partial charge in [0.2, 0.25) is 0 Å². The van der Waals surface area contributed by atoms with Gasteiger partial charge >= 0.3 is 0 Å². The van der Waals surface area contributed by atoms with Crippen LogP contribution < -0.4 is 5.32 Å². The Labute approximate surface area is 95.4 Å². The number of aliphatic hydroxyl groups is 1. The minimum Gasteiger partial charge on any atom is -0.448 e. The molecule has 0 aliphatic heterocycles. The largest absolute Gasteiger partial charge is 0.448 e. The van der Waals surface area contributed by atoms with E-state index in [2.05, 4.69) is 19.2 Å². The first-order valence-corrected chi connectivity index (χ1v) is 5.63. The summed E-state index contributed by atoms with van der Waals surface area (Å²) in [6, 6.07) is 3.66. The predicted octanol–water partition coefficient (Wildman–Crippen LogP) is 2.43. The van der Waals surface area contributed by atoms with Gasteiger partial charge in [-0.1, -0.05) is 20.3 Å². The second-order valence-electron chi connectivity index (χ2n) is 3.76. The lowest BCUT2D eigenvalue weighted by atomic mass is 10.00. The molecule has 2 N–H and O–H groups in total. The van der Waals surface area contributed by atoms with Crippen LogP contribution in [0.4, 0.5) is 0 Å². The molecular weight excluding hydrogens is 214 g/mol. The molecule has 0 saturated heterocycles. The summed E-state index contributed by atoms with van der Waals surface area (Å²) in [5.74, 6) is 1.24. The van der Waals surface area contributed by atoms with Crippen LogP contribution in [0.2, 0.25) is 5.22 Å². The van der Waals surface area contributed by atoms with Crippen molar-refractivity contribution in [3.8, 4) is 0 Å². The molecule has 1 rings (SSSR count). The zero-order valence-corrected chi connectivity index (χ0v) is 9.92. The van der Waals surface area contributed by atoms with Crippen LogP contribution in [-0.4, -0.2) is 17.8 Å². The molecule has 0 saturated carbocycles. The smallest absolute Gasteiger partial charge is 0.193 e. The third-order valence-electron chi connectivity index (χ3n) is 2.69. The molecule has 0 radical (unpaired) electrons. The van der Waals surface area contributed by atoms with Crippen molar-refractivity contribution in [3.63, 3.8) is 0 Å². The first-order chi connectivity index (χ1) is 7.17. The van der Waals surface area contributed by atoms with Gasteiger partial charge in [-0.25, -0.2) is 0 Å². The lowest BCUT2D eigenvalue weighted by Crippen LogP contribution is -2.37. The fraction of sp³-hybridized carbons (Fsp3) is 0.636. The number of aliphatic hydroxyl groups excluding tert-OH is 1. The van der Waals surface area contributed by atoms with E-state index < -0.39 is 0 Å². The van der Waals surface area contributed by atoms with Crippen LogP contribution in [0.3, 0.4) is 0 Å². The van der Waals surface area contributed by atoms with E-state index in [9.17, 15) is 5.11 Å². The van der Waals surface area contributed by atoms with E-state index in [-0.39, 0.29) is 12.6 Å². The van der Waals surface area contributed by atoms with Crippen molar-refractivity contribution in [2.24, 2.45) is 5.92 Å². The van der Waals surface area contributed by atoms with Gasteiger partial charge in [-0.05, 0) is 29.7 Å². The molecule has 0 aromatic carbocycles. The van der Waals surface area contributed by atoms with Gasteiger partial charge in [0.05, 0.1) is 13.2 Å². The molecule has 2 unspecified atom stereocenters. The Bertz CT molecular complexity index is 288. The van der Waals surface area contributed by atoms with Crippen LogP contribution in [-0.2, 0) is 6.54 Å². The van der Waals surface area contributed by atoms with Crippen LogP contribution >= 0.6 is 11.6 Å². The quantitative estimate of drug-likeness (QED) is 0.791. The van der Waals surface area contributed by atoms with Gasteiger partial charge in [-0.15, -0.1) is 0 Å². The second-order valence-corrected chi connectivity index (χ2v) is 4.13. The normalized spacial score (nSPS) is 15.2. The van der Waals surface area contributed by atoms with Crippen LogP contribution in [0.5, 0.6) is 0 Å². The number of hydrogen-bond acceptors (Lipinski definition) is 3. The number of rotatable bonds is 6. The Morgan fingerprint density at radius 3 is 2.73 bits per heavy atom. The lowest BCUT2D eigenvalue weighted by molar-refractivity contribution is 0.198. The standard InChI is InChI=1S/C11H18ClNO2/c1-3-8(2)10(7-14)13-6-9-4-5-11(12)15-9/h4-5,8,10,13-14H,3,6-7H2,1-2H3. The van der Waals surface area contributed by atoms with E-state index in [4.69, 9.17) is 16.0 Å². The molecule has 1 aromatic heterocycles. The van der Waals surface area contributed by atoms with E-state index in [0.29, 0.717) is 17.7 Å². The summed E-state index contributed by atoms with van der Waals surface area (Å²) in [6.07, 6.45) is 1.04. The van der Waals surface area contributed by atoms with Gasteiger partial charge < -0.3 is 14.8 Å². The molecule has 0 aliphatic rings. The zero-order valence-electron chi connectivity index (χ0n) is 9.16. The van der Waals surface area contributed by atoms with Gasteiger partial charge in [0.25, 0.3) is 0 Å². The van der Waals surface area contributed by atoms with Crippen LogP contribution in [0.1, 0.15) is 26.0 Å². The Morgan fingerprint density at radius 2 is 2.27 bits per heavy atom. The van der Waals surface area contributed by atoms with E-state index >= 15 is 0 Å². The molecule has 15 heavy (non-hydrogen) atoms. The maximum Gasteiger partial charge on any atom is 0.193 e. The van der Waals surface area contributed by atoms with Gasteiger partial charge in [0.15, 0.2) is 5.22 Å². The van der Waals surface area contributed by atoms with Crippen molar-refractivity contribution >= 4 is 11.6 Å². The molecule has 2 atom stereocenters. The summed E-state index contributed by atoms with van der Waals surface area (Å²) in [4.78, 5) is 0. The summed E-state index contributed by atoms with van der Waals surface area (Å²) in [6.45, 7) is 4.97. The maximum atomic E-state index is 9.19. The lowest BCUT2D eigenvalue weighted by Gasteiger charge is -2.21. The predicted molar refractivity (Wildman–Crippen MR) is 60.9 cm³/mol. The summed E-state index contributed by atoms with van der Waals surface area (Å²) < 4.78 is 5.21. The van der Waals surface area contributed by atoms with Crippen molar-refractivity contribution in [2.45, 2.75) is 32.9 Å². The van der Waals surface area contributed by atoms with E-state index in [0.717, 1.165) is 12.2 Å². The molecule has 0 fully saturated rings. The molecule has 0 bridgehead atoms. The van der Waals surface area contributed by atoms with Gasteiger partial charge in [-0.3, -0.25) is 0 Å². The minimum absolute atomic E-state index is 0.110. The van der Waals surface area contributed by atoms with Crippen LogP contribution in [0.25, 0.3) is 0 Å². The molecule has 3 nitrogen and oxygen atoms in total.